The largest absolute Gasteiger partial charge is 0.497 e. The summed E-state index contributed by atoms with van der Waals surface area (Å²) >= 11 is 7.22. The number of carbonyl (C=O) groups excluding carboxylic acids is 1. The Hall–Kier alpha value is -2.29. The molecule has 4 aliphatic carbocycles. The Morgan fingerprint density at radius 1 is 1.05 bits per heavy atom. The number of hydrogen-bond acceptors (Lipinski definition) is 7. The number of thioether (sulfide) groups is 1. The Bertz CT molecular complexity index is 1200. The zero-order chi connectivity index (χ0) is 25.7. The van der Waals surface area contributed by atoms with Gasteiger partial charge in [0.1, 0.15) is 27.3 Å². The lowest BCUT2D eigenvalue weighted by Gasteiger charge is -2.56. The molecule has 2 aromatic rings. The third kappa shape index (κ3) is 4.61. The van der Waals surface area contributed by atoms with E-state index in [9.17, 15) is 4.79 Å². The summed E-state index contributed by atoms with van der Waals surface area (Å²) in [6.07, 6.45) is 9.89. The molecule has 1 aromatic heterocycles. The normalized spacial score (nSPS) is 29.5. The van der Waals surface area contributed by atoms with E-state index >= 15 is 0 Å². The molecule has 0 radical (unpaired) electrons. The van der Waals surface area contributed by atoms with E-state index in [-0.39, 0.29) is 11.9 Å². The fourth-order valence-corrected chi connectivity index (χ4v) is 8.64. The molecule has 6 nitrogen and oxygen atoms in total. The highest BCUT2D eigenvalue weighted by atomic mass is 32.2. The highest BCUT2D eigenvalue weighted by molar-refractivity contribution is 8.26. The number of thiocarbonyl (C=S) groups is 1. The Morgan fingerprint density at radius 3 is 2.30 bits per heavy atom. The average Bonchev–Trinajstić information content (AvgIpc) is 3.42. The summed E-state index contributed by atoms with van der Waals surface area (Å²) in [6, 6.07) is 7.97. The third-order valence-corrected chi connectivity index (χ3v) is 10.0. The first kappa shape index (κ1) is 25.0. The van der Waals surface area contributed by atoms with Crippen LogP contribution in [0.25, 0.3) is 17.4 Å². The van der Waals surface area contributed by atoms with Crippen molar-refractivity contribution < 1.29 is 18.7 Å². The number of amides is 1. The van der Waals surface area contributed by atoms with Crippen molar-refractivity contribution in [3.05, 3.63) is 40.5 Å². The highest BCUT2D eigenvalue weighted by Gasteiger charge is 2.53. The van der Waals surface area contributed by atoms with Gasteiger partial charge in [0, 0.05) is 23.7 Å². The number of methoxy groups -OCH3 is 2. The maximum absolute atomic E-state index is 13.8. The van der Waals surface area contributed by atoms with Gasteiger partial charge in [-0.2, -0.15) is 0 Å². The molecule has 5 fully saturated rings. The topological polar surface area (TPSA) is 77.9 Å². The first-order valence-corrected chi connectivity index (χ1v) is 14.5. The van der Waals surface area contributed by atoms with Crippen LogP contribution in [0.2, 0.25) is 0 Å². The Morgan fingerprint density at radius 2 is 1.70 bits per heavy atom. The van der Waals surface area contributed by atoms with Crippen molar-refractivity contribution in [2.75, 3.05) is 20.8 Å². The fourth-order valence-electron chi connectivity index (χ4n) is 7.32. The molecule has 4 saturated carbocycles. The number of hydrogen-bond donors (Lipinski definition) is 1. The van der Waals surface area contributed by atoms with Gasteiger partial charge in [0.05, 0.1) is 19.1 Å². The van der Waals surface area contributed by atoms with Gasteiger partial charge in [0.15, 0.2) is 0 Å². The summed E-state index contributed by atoms with van der Waals surface area (Å²) in [5, 5.41) is 0. The molecular formula is C29H34N2O4S2. The van der Waals surface area contributed by atoms with Crippen LogP contribution in [0, 0.1) is 23.7 Å². The maximum atomic E-state index is 13.8. The lowest BCUT2D eigenvalue weighted by atomic mass is 9.54. The summed E-state index contributed by atoms with van der Waals surface area (Å²) in [6.45, 7) is 0.585. The van der Waals surface area contributed by atoms with E-state index in [2.05, 4.69) is 0 Å². The number of nitrogens with zero attached hydrogens (tertiary/aromatic N) is 1. The molecule has 8 heteroatoms. The van der Waals surface area contributed by atoms with Crippen LogP contribution in [0.15, 0.2) is 33.6 Å². The minimum absolute atomic E-state index is 0.0400. The van der Waals surface area contributed by atoms with Gasteiger partial charge in [-0.15, -0.1) is 0 Å². The van der Waals surface area contributed by atoms with Crippen molar-refractivity contribution in [1.82, 2.24) is 4.90 Å². The molecule has 0 spiro atoms. The molecule has 2 heterocycles. The summed E-state index contributed by atoms with van der Waals surface area (Å²) in [7, 11) is 3.26. The fraction of sp³-hybridized carbons (Fsp3) is 0.517. The molecule has 2 N–H and O–H groups in total. The van der Waals surface area contributed by atoms with Crippen molar-refractivity contribution >= 4 is 40.3 Å². The van der Waals surface area contributed by atoms with Crippen molar-refractivity contribution in [3.63, 3.8) is 0 Å². The molecule has 0 unspecified atom stereocenters. The van der Waals surface area contributed by atoms with Crippen molar-refractivity contribution in [2.45, 2.75) is 51.0 Å². The predicted octanol–water partition coefficient (Wildman–Crippen LogP) is 5.88. The van der Waals surface area contributed by atoms with Crippen LogP contribution >= 0.6 is 24.0 Å². The maximum Gasteiger partial charge on any atom is 0.266 e. The second-order valence-corrected chi connectivity index (χ2v) is 12.6. The SMILES string of the molecule is COc1cc(OC)cc(-c2cc(CCCN)c(/C=C3\SC(=S)N(C4C5CC6CC(C5)CC4C6)C3=O)o2)c1. The molecule has 7 rings (SSSR count). The van der Waals surface area contributed by atoms with Gasteiger partial charge in [0.2, 0.25) is 0 Å². The first-order chi connectivity index (χ1) is 18.0. The minimum atomic E-state index is 0.0400. The van der Waals surface area contributed by atoms with E-state index in [1.54, 1.807) is 14.2 Å². The molecule has 1 aliphatic heterocycles. The first-order valence-electron chi connectivity index (χ1n) is 13.3. The second-order valence-electron chi connectivity index (χ2n) is 11.0. The quantitative estimate of drug-likeness (QED) is 0.332. The number of nitrogens with two attached hydrogens (primary N) is 1. The summed E-state index contributed by atoms with van der Waals surface area (Å²) in [5.41, 5.74) is 7.70. The van der Waals surface area contributed by atoms with Gasteiger partial charge in [-0.1, -0.05) is 24.0 Å². The smallest absolute Gasteiger partial charge is 0.266 e. The summed E-state index contributed by atoms with van der Waals surface area (Å²) in [4.78, 5) is 16.4. The zero-order valence-electron chi connectivity index (χ0n) is 21.4. The molecule has 1 aromatic carbocycles. The summed E-state index contributed by atoms with van der Waals surface area (Å²) in [5.74, 6) is 5.71. The van der Waals surface area contributed by atoms with Crippen LogP contribution < -0.4 is 15.2 Å². The predicted molar refractivity (Wildman–Crippen MR) is 150 cm³/mol. The van der Waals surface area contributed by atoms with Gasteiger partial charge in [-0.3, -0.25) is 9.69 Å². The molecule has 1 amide bonds. The number of rotatable bonds is 8. The number of aryl methyl sites for hydroxylation is 1. The van der Waals surface area contributed by atoms with E-state index < -0.39 is 0 Å². The average molecular weight is 539 g/mol. The molecule has 37 heavy (non-hydrogen) atoms. The van der Waals surface area contributed by atoms with E-state index in [0.29, 0.717) is 50.6 Å². The van der Waals surface area contributed by atoms with Gasteiger partial charge < -0.3 is 19.6 Å². The van der Waals surface area contributed by atoms with Crippen LogP contribution in [0.3, 0.4) is 0 Å². The molecule has 196 valence electrons. The van der Waals surface area contributed by atoms with Gasteiger partial charge in [-0.25, -0.2) is 0 Å². The van der Waals surface area contributed by atoms with Crippen molar-refractivity contribution in [3.8, 4) is 22.8 Å². The molecule has 1 saturated heterocycles. The Balaban J connectivity index is 1.31. The lowest BCUT2D eigenvalue weighted by molar-refractivity contribution is -0.130. The third-order valence-electron chi connectivity index (χ3n) is 8.69. The van der Waals surface area contributed by atoms with Crippen LogP contribution in [0.1, 0.15) is 49.8 Å². The number of ether oxygens (including phenoxy) is 2. The number of benzene rings is 1. The van der Waals surface area contributed by atoms with E-state index in [4.69, 9.17) is 31.8 Å². The second kappa shape index (κ2) is 10.1. The Labute approximate surface area is 227 Å². The minimum Gasteiger partial charge on any atom is -0.497 e. The van der Waals surface area contributed by atoms with E-state index in [0.717, 1.165) is 35.8 Å². The van der Waals surface area contributed by atoms with Crippen molar-refractivity contribution in [2.24, 2.45) is 29.4 Å². The molecular weight excluding hydrogens is 504 g/mol. The molecule has 0 atom stereocenters. The highest BCUT2D eigenvalue weighted by Crippen LogP contribution is 2.56. The van der Waals surface area contributed by atoms with Crippen LogP contribution in [0.4, 0.5) is 0 Å². The summed E-state index contributed by atoms with van der Waals surface area (Å²) < 4.78 is 18.0. The van der Waals surface area contributed by atoms with Crippen molar-refractivity contribution in [1.29, 1.82) is 0 Å². The van der Waals surface area contributed by atoms with Crippen LogP contribution in [0.5, 0.6) is 11.5 Å². The number of furan rings is 1. The van der Waals surface area contributed by atoms with Crippen LogP contribution in [-0.4, -0.2) is 41.9 Å². The number of carbonyl (C=O) groups is 1. The van der Waals surface area contributed by atoms with Gasteiger partial charge >= 0.3 is 0 Å². The zero-order valence-corrected chi connectivity index (χ0v) is 23.0. The molecule has 4 bridgehead atoms. The standard InChI is InChI=1S/C29H34N2O4S2/c1-33-22-11-19(12-23(14-22)34-2)24-13-18(4-3-5-30)25(35-24)15-26-28(32)31(29(36)37-26)27-20-7-16-6-17(9-20)10-21(27)8-16/h11-17,20-21,27H,3-10,30H2,1-2H3/b26-15-. The Kier molecular flexibility index (Phi) is 6.84. The van der Waals surface area contributed by atoms with Gasteiger partial charge in [-0.05, 0) is 98.9 Å². The van der Waals surface area contributed by atoms with E-state index in [1.165, 1.54) is 43.9 Å². The molecule has 5 aliphatic rings. The lowest BCUT2D eigenvalue weighted by Crippen LogP contribution is -2.57. The van der Waals surface area contributed by atoms with Crippen LogP contribution in [-0.2, 0) is 11.2 Å². The van der Waals surface area contributed by atoms with Gasteiger partial charge in [0.25, 0.3) is 5.91 Å². The van der Waals surface area contributed by atoms with E-state index in [1.807, 2.05) is 35.2 Å². The monoisotopic (exact) mass is 538 g/mol.